The Hall–Kier alpha value is -3.94. The maximum absolute atomic E-state index is 12.5. The number of nitrogens with zero attached hydrogens (tertiary/aromatic N) is 3. The molecule has 1 aliphatic heterocycles. The second-order valence-corrected chi connectivity index (χ2v) is 9.37. The van der Waals surface area contributed by atoms with Gasteiger partial charge in [-0.05, 0) is 61.6 Å². The lowest BCUT2D eigenvalue weighted by molar-refractivity contribution is 0.0270. The molecule has 0 N–H and O–H groups in total. The van der Waals surface area contributed by atoms with E-state index < -0.39 is 11.6 Å². The van der Waals surface area contributed by atoms with Crippen LogP contribution in [0.4, 0.5) is 4.79 Å². The molecule has 0 fully saturated rings. The van der Waals surface area contributed by atoms with Gasteiger partial charge in [0.1, 0.15) is 5.60 Å². The molecule has 0 unspecified atom stereocenters. The van der Waals surface area contributed by atoms with Crippen LogP contribution < -0.4 is 0 Å². The molecule has 182 valence electrons. The van der Waals surface area contributed by atoms with E-state index in [1.54, 1.807) is 17.9 Å². The first-order valence-electron chi connectivity index (χ1n) is 11.5. The minimum Gasteiger partial charge on any atom is -0.465 e. The van der Waals surface area contributed by atoms with Gasteiger partial charge in [0.15, 0.2) is 0 Å². The lowest BCUT2D eigenvalue weighted by Crippen LogP contribution is -2.39. The molecule has 0 saturated carbocycles. The van der Waals surface area contributed by atoms with Crippen LogP contribution in [0.15, 0.2) is 53.1 Å². The number of rotatable bonds is 4. The number of amides is 1. The van der Waals surface area contributed by atoms with E-state index in [0.29, 0.717) is 36.8 Å². The third-order valence-electron chi connectivity index (χ3n) is 5.64. The highest BCUT2D eigenvalue weighted by Crippen LogP contribution is 2.32. The molecule has 0 bridgehead atoms. The van der Waals surface area contributed by atoms with Gasteiger partial charge in [-0.2, -0.15) is 4.98 Å². The second kappa shape index (κ2) is 9.74. The van der Waals surface area contributed by atoms with Gasteiger partial charge < -0.3 is 18.9 Å². The SMILES string of the molecule is COC(=O)c1ccc(-c2ccc(-c3noc(C)n3)cc2)cc1C1=CCN(C(=O)OC(C)(C)C)CC1. The van der Waals surface area contributed by atoms with Crippen molar-refractivity contribution in [3.8, 4) is 22.5 Å². The molecule has 1 aromatic heterocycles. The van der Waals surface area contributed by atoms with Gasteiger partial charge in [0.05, 0.1) is 12.7 Å². The quantitative estimate of drug-likeness (QED) is 0.458. The van der Waals surface area contributed by atoms with E-state index in [9.17, 15) is 9.59 Å². The summed E-state index contributed by atoms with van der Waals surface area (Å²) in [7, 11) is 1.37. The minimum atomic E-state index is -0.550. The highest BCUT2D eigenvalue weighted by atomic mass is 16.6. The van der Waals surface area contributed by atoms with Crippen LogP contribution in [-0.2, 0) is 9.47 Å². The van der Waals surface area contributed by atoms with Crippen molar-refractivity contribution < 1.29 is 23.6 Å². The van der Waals surface area contributed by atoms with Crippen LogP contribution >= 0.6 is 0 Å². The molecule has 0 saturated heterocycles. The Balaban J connectivity index is 1.62. The van der Waals surface area contributed by atoms with Crippen molar-refractivity contribution in [2.45, 2.75) is 39.7 Å². The number of aromatic nitrogens is 2. The molecule has 0 radical (unpaired) electrons. The molecule has 0 atom stereocenters. The van der Waals surface area contributed by atoms with E-state index in [0.717, 1.165) is 27.8 Å². The van der Waals surface area contributed by atoms with Crippen molar-refractivity contribution in [3.63, 3.8) is 0 Å². The highest BCUT2D eigenvalue weighted by Gasteiger charge is 2.25. The van der Waals surface area contributed by atoms with E-state index >= 15 is 0 Å². The Morgan fingerprint density at radius 2 is 1.71 bits per heavy atom. The molecular formula is C27H29N3O5. The Kier molecular flexibility index (Phi) is 6.73. The smallest absolute Gasteiger partial charge is 0.410 e. The predicted molar refractivity (Wildman–Crippen MR) is 132 cm³/mol. The Bertz CT molecular complexity index is 1270. The van der Waals surface area contributed by atoms with Crippen LogP contribution in [0.3, 0.4) is 0 Å². The summed E-state index contributed by atoms with van der Waals surface area (Å²) in [5.74, 6) is 0.653. The third-order valence-corrected chi connectivity index (χ3v) is 5.64. The van der Waals surface area contributed by atoms with Gasteiger partial charge in [0.25, 0.3) is 0 Å². The van der Waals surface area contributed by atoms with Crippen molar-refractivity contribution in [3.05, 3.63) is 65.6 Å². The average molecular weight is 476 g/mol. The van der Waals surface area contributed by atoms with Gasteiger partial charge in [0, 0.05) is 25.6 Å². The summed E-state index contributed by atoms with van der Waals surface area (Å²) in [6, 6.07) is 13.5. The molecule has 4 rings (SSSR count). The van der Waals surface area contributed by atoms with Crippen molar-refractivity contribution in [2.75, 3.05) is 20.2 Å². The number of hydrogen-bond acceptors (Lipinski definition) is 7. The summed E-state index contributed by atoms with van der Waals surface area (Å²) in [6.07, 6.45) is 2.23. The summed E-state index contributed by atoms with van der Waals surface area (Å²) < 4.78 is 15.6. The first kappa shape index (κ1) is 24.2. The zero-order valence-corrected chi connectivity index (χ0v) is 20.6. The van der Waals surface area contributed by atoms with Crippen LogP contribution in [0, 0.1) is 6.92 Å². The monoisotopic (exact) mass is 475 g/mol. The van der Waals surface area contributed by atoms with Crippen molar-refractivity contribution in [2.24, 2.45) is 0 Å². The average Bonchev–Trinajstić information content (AvgIpc) is 3.28. The first-order chi connectivity index (χ1) is 16.6. The van der Waals surface area contributed by atoms with Gasteiger partial charge >= 0.3 is 12.1 Å². The largest absolute Gasteiger partial charge is 0.465 e. The van der Waals surface area contributed by atoms with E-state index in [1.165, 1.54) is 7.11 Å². The molecule has 35 heavy (non-hydrogen) atoms. The number of carbonyl (C=O) groups excluding carboxylic acids is 2. The Morgan fingerprint density at radius 3 is 2.29 bits per heavy atom. The lowest BCUT2D eigenvalue weighted by Gasteiger charge is -2.30. The normalized spacial score (nSPS) is 13.9. The van der Waals surface area contributed by atoms with Gasteiger partial charge in [-0.3, -0.25) is 0 Å². The van der Waals surface area contributed by atoms with E-state index in [2.05, 4.69) is 10.1 Å². The summed E-state index contributed by atoms with van der Waals surface area (Å²) >= 11 is 0. The van der Waals surface area contributed by atoms with Crippen LogP contribution in [0.1, 0.15) is 49.0 Å². The molecule has 2 aromatic carbocycles. The lowest BCUT2D eigenvalue weighted by atomic mass is 9.91. The minimum absolute atomic E-state index is 0.341. The molecule has 8 nitrogen and oxygen atoms in total. The van der Waals surface area contributed by atoms with Gasteiger partial charge in [-0.15, -0.1) is 0 Å². The van der Waals surface area contributed by atoms with E-state index in [1.807, 2.05) is 63.2 Å². The van der Waals surface area contributed by atoms with Crippen LogP contribution in [-0.4, -0.2) is 52.9 Å². The van der Waals surface area contributed by atoms with Crippen molar-refractivity contribution in [1.29, 1.82) is 0 Å². The maximum atomic E-state index is 12.5. The standard InChI is InChI=1S/C27H29N3O5/c1-17-28-24(29-35-17)20-8-6-18(7-9-20)21-10-11-22(25(31)33-5)23(16-21)19-12-14-30(15-13-19)26(32)34-27(2,3)4/h6-12,16H,13-15H2,1-5H3. The fourth-order valence-corrected chi connectivity index (χ4v) is 3.91. The fraction of sp³-hybridized carbons (Fsp3) is 0.333. The molecular weight excluding hydrogens is 446 g/mol. The third kappa shape index (κ3) is 5.59. The predicted octanol–water partition coefficient (Wildman–Crippen LogP) is 5.52. The van der Waals surface area contributed by atoms with Gasteiger partial charge in [-0.25, -0.2) is 9.59 Å². The molecule has 2 heterocycles. The van der Waals surface area contributed by atoms with E-state index in [4.69, 9.17) is 14.0 Å². The van der Waals surface area contributed by atoms with Crippen LogP contribution in [0.5, 0.6) is 0 Å². The van der Waals surface area contributed by atoms with Gasteiger partial charge in [0.2, 0.25) is 11.7 Å². The van der Waals surface area contributed by atoms with Crippen molar-refractivity contribution in [1.82, 2.24) is 15.0 Å². The van der Waals surface area contributed by atoms with Crippen LogP contribution in [0.25, 0.3) is 28.1 Å². The molecule has 0 spiro atoms. The number of methoxy groups -OCH3 is 1. The molecule has 1 aliphatic rings. The Labute approximate surface area is 204 Å². The Morgan fingerprint density at radius 1 is 1.03 bits per heavy atom. The number of aryl methyl sites for hydroxylation is 1. The fourth-order valence-electron chi connectivity index (χ4n) is 3.91. The van der Waals surface area contributed by atoms with Crippen molar-refractivity contribution >= 4 is 17.6 Å². The number of carbonyl (C=O) groups is 2. The molecule has 3 aromatic rings. The summed E-state index contributed by atoms with van der Waals surface area (Å²) in [5, 5.41) is 3.96. The number of hydrogen-bond donors (Lipinski definition) is 0. The van der Waals surface area contributed by atoms with Gasteiger partial charge in [-0.1, -0.05) is 41.6 Å². The number of esters is 1. The number of ether oxygens (including phenoxy) is 2. The van der Waals surface area contributed by atoms with Crippen LogP contribution in [0.2, 0.25) is 0 Å². The highest BCUT2D eigenvalue weighted by molar-refractivity contribution is 5.96. The molecule has 0 aliphatic carbocycles. The zero-order chi connectivity index (χ0) is 25.2. The molecule has 8 heteroatoms. The van der Waals surface area contributed by atoms with E-state index in [-0.39, 0.29) is 6.09 Å². The second-order valence-electron chi connectivity index (χ2n) is 9.37. The summed E-state index contributed by atoms with van der Waals surface area (Å²) in [4.78, 5) is 30.9. The number of benzene rings is 2. The zero-order valence-electron chi connectivity index (χ0n) is 20.6. The summed E-state index contributed by atoms with van der Waals surface area (Å²) in [5.41, 5.74) is 4.53. The maximum Gasteiger partial charge on any atom is 0.410 e. The summed E-state index contributed by atoms with van der Waals surface area (Å²) in [6.45, 7) is 8.21. The first-order valence-corrected chi connectivity index (χ1v) is 11.5. The topological polar surface area (TPSA) is 94.8 Å². The molecule has 1 amide bonds.